The molecule has 0 aromatic heterocycles. The average Bonchev–Trinajstić information content (AvgIpc) is 2.46. The van der Waals surface area contributed by atoms with Gasteiger partial charge in [-0.15, -0.1) is 10.2 Å². The van der Waals surface area contributed by atoms with Crippen molar-refractivity contribution < 1.29 is 0 Å². The van der Waals surface area contributed by atoms with Gasteiger partial charge in [0.05, 0.1) is 0 Å². The summed E-state index contributed by atoms with van der Waals surface area (Å²) in [5.41, 5.74) is 15.8. The van der Waals surface area contributed by atoms with Crippen LogP contribution in [0.25, 0.3) is 0 Å². The SMILES string of the molecule is Cc1ccc(/C(N)=N/N=C(\N)c2ccc(C)cc2)cc1. The number of benzene rings is 2. The highest BCUT2D eigenvalue weighted by molar-refractivity contribution is 6.00. The largest absolute Gasteiger partial charge is 0.382 e. The summed E-state index contributed by atoms with van der Waals surface area (Å²) in [6.07, 6.45) is 0. The third-order valence-corrected chi connectivity index (χ3v) is 2.96. The first-order valence-electron chi connectivity index (χ1n) is 6.37. The van der Waals surface area contributed by atoms with Gasteiger partial charge in [-0.1, -0.05) is 59.7 Å². The van der Waals surface area contributed by atoms with Crippen molar-refractivity contribution in [1.82, 2.24) is 0 Å². The molecule has 0 amide bonds. The molecule has 2 aromatic carbocycles. The van der Waals surface area contributed by atoms with Gasteiger partial charge >= 0.3 is 0 Å². The summed E-state index contributed by atoms with van der Waals surface area (Å²) < 4.78 is 0. The molecule has 102 valence electrons. The van der Waals surface area contributed by atoms with Crippen molar-refractivity contribution in [3.8, 4) is 0 Å². The molecule has 0 saturated carbocycles. The van der Waals surface area contributed by atoms with E-state index in [1.807, 2.05) is 62.4 Å². The molecule has 2 rings (SSSR count). The average molecular weight is 266 g/mol. The van der Waals surface area contributed by atoms with E-state index in [0.717, 1.165) is 11.1 Å². The summed E-state index contributed by atoms with van der Waals surface area (Å²) in [7, 11) is 0. The number of aryl methyl sites for hydroxylation is 2. The second-order valence-corrected chi connectivity index (χ2v) is 4.70. The van der Waals surface area contributed by atoms with E-state index in [1.54, 1.807) is 0 Å². The van der Waals surface area contributed by atoms with Gasteiger partial charge < -0.3 is 11.5 Å². The molecule has 0 spiro atoms. The molecule has 0 bridgehead atoms. The number of nitrogens with zero attached hydrogens (tertiary/aromatic N) is 2. The Morgan fingerprint density at radius 3 is 1.25 bits per heavy atom. The topological polar surface area (TPSA) is 76.8 Å². The zero-order valence-corrected chi connectivity index (χ0v) is 11.7. The van der Waals surface area contributed by atoms with Crippen LogP contribution < -0.4 is 11.5 Å². The highest BCUT2D eigenvalue weighted by Crippen LogP contribution is 2.04. The Morgan fingerprint density at radius 1 is 0.650 bits per heavy atom. The molecule has 0 radical (unpaired) electrons. The lowest BCUT2D eigenvalue weighted by Gasteiger charge is -2.01. The van der Waals surface area contributed by atoms with E-state index in [4.69, 9.17) is 11.5 Å². The Labute approximate surface area is 118 Å². The quantitative estimate of drug-likeness (QED) is 0.508. The zero-order valence-electron chi connectivity index (χ0n) is 11.7. The van der Waals surface area contributed by atoms with Crippen LogP contribution in [0, 0.1) is 13.8 Å². The highest BCUT2D eigenvalue weighted by atomic mass is 15.3. The molecular weight excluding hydrogens is 248 g/mol. The Balaban J connectivity index is 2.19. The van der Waals surface area contributed by atoms with Gasteiger partial charge in [0.2, 0.25) is 0 Å². The van der Waals surface area contributed by atoms with Crippen molar-refractivity contribution in [3.63, 3.8) is 0 Å². The summed E-state index contributed by atoms with van der Waals surface area (Å²) in [6.45, 7) is 4.04. The van der Waals surface area contributed by atoms with E-state index in [1.165, 1.54) is 11.1 Å². The van der Waals surface area contributed by atoms with Crippen LogP contribution in [0.1, 0.15) is 22.3 Å². The lowest BCUT2D eigenvalue weighted by Crippen LogP contribution is -2.16. The summed E-state index contributed by atoms with van der Waals surface area (Å²) >= 11 is 0. The molecule has 4 heteroatoms. The van der Waals surface area contributed by atoms with Gasteiger partial charge in [0, 0.05) is 11.1 Å². The standard InChI is InChI=1S/C16H18N4/c1-11-3-7-13(8-4-11)15(17)19-20-16(18)14-9-5-12(2)6-10-14/h3-10H,1-2H3,(H2,17,19)(H2,18,20). The maximum absolute atomic E-state index is 5.88. The predicted molar refractivity (Wildman–Crippen MR) is 83.8 cm³/mol. The number of amidine groups is 2. The first kappa shape index (κ1) is 13.8. The molecular formula is C16H18N4. The predicted octanol–water partition coefficient (Wildman–Crippen LogP) is 2.33. The normalized spacial score (nSPS) is 12.5. The monoisotopic (exact) mass is 266 g/mol. The van der Waals surface area contributed by atoms with E-state index < -0.39 is 0 Å². The first-order chi connectivity index (χ1) is 9.56. The lowest BCUT2D eigenvalue weighted by molar-refractivity contribution is 1.20. The minimum absolute atomic E-state index is 0.347. The minimum atomic E-state index is 0.347. The maximum atomic E-state index is 5.88. The van der Waals surface area contributed by atoms with Crippen LogP contribution in [0.3, 0.4) is 0 Å². The Bertz CT molecular complexity index is 578. The van der Waals surface area contributed by atoms with Crippen LogP contribution in [0.4, 0.5) is 0 Å². The van der Waals surface area contributed by atoms with E-state index in [2.05, 4.69) is 10.2 Å². The summed E-state index contributed by atoms with van der Waals surface area (Å²) in [5, 5.41) is 7.96. The van der Waals surface area contributed by atoms with Crippen LogP contribution in [0.2, 0.25) is 0 Å². The Morgan fingerprint density at radius 2 is 0.950 bits per heavy atom. The highest BCUT2D eigenvalue weighted by Gasteiger charge is 1.99. The number of hydrogen-bond donors (Lipinski definition) is 2. The second kappa shape index (κ2) is 6.02. The van der Waals surface area contributed by atoms with Crippen LogP contribution in [0.15, 0.2) is 58.7 Å². The maximum Gasteiger partial charge on any atom is 0.153 e. The van der Waals surface area contributed by atoms with E-state index in [-0.39, 0.29) is 0 Å². The van der Waals surface area contributed by atoms with Crippen molar-refractivity contribution in [3.05, 3.63) is 70.8 Å². The zero-order chi connectivity index (χ0) is 14.5. The molecule has 0 unspecified atom stereocenters. The van der Waals surface area contributed by atoms with Crippen molar-refractivity contribution in [2.75, 3.05) is 0 Å². The number of hydrogen-bond acceptors (Lipinski definition) is 2. The fourth-order valence-electron chi connectivity index (χ4n) is 1.67. The van der Waals surface area contributed by atoms with Gasteiger partial charge in [-0.3, -0.25) is 0 Å². The van der Waals surface area contributed by atoms with E-state index >= 15 is 0 Å². The molecule has 0 aliphatic heterocycles. The fraction of sp³-hybridized carbons (Fsp3) is 0.125. The number of rotatable bonds is 3. The van der Waals surface area contributed by atoms with Crippen LogP contribution >= 0.6 is 0 Å². The molecule has 0 fully saturated rings. The molecule has 0 heterocycles. The van der Waals surface area contributed by atoms with Crippen LogP contribution in [0.5, 0.6) is 0 Å². The van der Waals surface area contributed by atoms with Crippen molar-refractivity contribution >= 4 is 11.7 Å². The lowest BCUT2D eigenvalue weighted by atomic mass is 10.1. The summed E-state index contributed by atoms with van der Waals surface area (Å²) in [6, 6.07) is 15.5. The van der Waals surface area contributed by atoms with E-state index in [0.29, 0.717) is 11.7 Å². The van der Waals surface area contributed by atoms with Gasteiger partial charge in [0.1, 0.15) is 0 Å². The summed E-state index contributed by atoms with van der Waals surface area (Å²) in [4.78, 5) is 0. The molecule has 4 nitrogen and oxygen atoms in total. The summed E-state index contributed by atoms with van der Waals surface area (Å²) in [5.74, 6) is 0.695. The molecule has 20 heavy (non-hydrogen) atoms. The minimum Gasteiger partial charge on any atom is -0.382 e. The molecule has 2 aromatic rings. The molecule has 0 aliphatic carbocycles. The molecule has 0 aliphatic rings. The third kappa shape index (κ3) is 3.45. The van der Waals surface area contributed by atoms with Gasteiger partial charge in [-0.25, -0.2) is 0 Å². The molecule has 0 atom stereocenters. The van der Waals surface area contributed by atoms with Crippen molar-refractivity contribution in [1.29, 1.82) is 0 Å². The molecule has 0 saturated heterocycles. The molecule has 4 N–H and O–H groups in total. The van der Waals surface area contributed by atoms with Gasteiger partial charge in [-0.2, -0.15) is 0 Å². The van der Waals surface area contributed by atoms with Crippen LogP contribution in [-0.4, -0.2) is 11.7 Å². The van der Waals surface area contributed by atoms with Gasteiger partial charge in [0.15, 0.2) is 11.7 Å². The second-order valence-electron chi connectivity index (χ2n) is 4.70. The van der Waals surface area contributed by atoms with Gasteiger partial charge in [0.25, 0.3) is 0 Å². The Hall–Kier alpha value is -2.62. The first-order valence-corrected chi connectivity index (χ1v) is 6.37. The van der Waals surface area contributed by atoms with E-state index in [9.17, 15) is 0 Å². The van der Waals surface area contributed by atoms with Crippen LogP contribution in [-0.2, 0) is 0 Å². The smallest absolute Gasteiger partial charge is 0.153 e. The van der Waals surface area contributed by atoms with Crippen molar-refractivity contribution in [2.24, 2.45) is 21.7 Å². The van der Waals surface area contributed by atoms with Crippen molar-refractivity contribution in [2.45, 2.75) is 13.8 Å². The van der Waals surface area contributed by atoms with Gasteiger partial charge in [-0.05, 0) is 13.8 Å². The Kier molecular flexibility index (Phi) is 4.15. The third-order valence-electron chi connectivity index (χ3n) is 2.96. The fourth-order valence-corrected chi connectivity index (χ4v) is 1.67. The number of nitrogens with two attached hydrogens (primary N) is 2.